The number of nitrogens with two attached hydrogens (primary N) is 1. The van der Waals surface area contributed by atoms with Crippen LogP contribution in [0.15, 0.2) is 18.2 Å². The second kappa shape index (κ2) is 5.29. The number of pyridine rings is 1. The van der Waals surface area contributed by atoms with E-state index in [9.17, 15) is 0 Å². The number of rotatable bonds is 4. The Hall–Kier alpha value is -1.81. The van der Waals surface area contributed by atoms with E-state index in [1.165, 1.54) is 0 Å². The molecule has 0 aliphatic heterocycles. The van der Waals surface area contributed by atoms with Gasteiger partial charge in [0.15, 0.2) is 0 Å². The van der Waals surface area contributed by atoms with Crippen molar-refractivity contribution in [3.8, 4) is 11.5 Å². The van der Waals surface area contributed by atoms with Crippen molar-refractivity contribution in [1.82, 2.24) is 4.98 Å². The molecule has 0 fully saturated rings. The second-order valence-electron chi connectivity index (χ2n) is 5.77. The quantitative estimate of drug-likeness (QED) is 0.931. The van der Waals surface area contributed by atoms with Crippen molar-refractivity contribution in [3.63, 3.8) is 0 Å². The molecule has 108 valence electrons. The summed E-state index contributed by atoms with van der Waals surface area (Å²) in [4.78, 5) is 4.57. The van der Waals surface area contributed by atoms with E-state index in [0.29, 0.717) is 6.42 Å². The molecular weight excluding hydrogens is 252 g/mol. The molecule has 0 amide bonds. The van der Waals surface area contributed by atoms with Crippen LogP contribution < -0.4 is 15.2 Å². The van der Waals surface area contributed by atoms with Gasteiger partial charge in [-0.3, -0.25) is 4.98 Å². The van der Waals surface area contributed by atoms with Gasteiger partial charge < -0.3 is 15.2 Å². The molecule has 0 radical (unpaired) electrons. The minimum Gasteiger partial charge on any atom is -0.496 e. The fourth-order valence-corrected chi connectivity index (χ4v) is 2.45. The Kier molecular flexibility index (Phi) is 3.86. The molecule has 4 nitrogen and oxygen atoms in total. The molecule has 2 rings (SSSR count). The Morgan fingerprint density at radius 2 is 1.80 bits per heavy atom. The maximum Gasteiger partial charge on any atom is 0.130 e. The minimum atomic E-state index is -0.336. The van der Waals surface area contributed by atoms with E-state index in [2.05, 4.69) is 4.98 Å². The van der Waals surface area contributed by atoms with Crippen molar-refractivity contribution >= 4 is 10.9 Å². The van der Waals surface area contributed by atoms with Gasteiger partial charge in [0.2, 0.25) is 0 Å². The summed E-state index contributed by atoms with van der Waals surface area (Å²) in [6.45, 7) is 5.96. The zero-order valence-corrected chi connectivity index (χ0v) is 12.8. The van der Waals surface area contributed by atoms with E-state index in [1.54, 1.807) is 14.2 Å². The first kappa shape index (κ1) is 14.6. The molecule has 0 bridgehead atoms. The van der Waals surface area contributed by atoms with Crippen molar-refractivity contribution in [2.24, 2.45) is 5.73 Å². The van der Waals surface area contributed by atoms with E-state index in [1.807, 2.05) is 39.0 Å². The third-order valence-electron chi connectivity index (χ3n) is 3.20. The SMILES string of the molecule is COc1ccc2nc(C)cc(OC)c2c1CC(C)(C)N. The lowest BCUT2D eigenvalue weighted by Gasteiger charge is -2.22. The Labute approximate surface area is 119 Å². The largest absolute Gasteiger partial charge is 0.496 e. The normalized spacial score (nSPS) is 11.7. The average Bonchev–Trinajstić information content (AvgIpc) is 2.36. The molecule has 2 N–H and O–H groups in total. The van der Waals surface area contributed by atoms with Gasteiger partial charge in [-0.1, -0.05) is 0 Å². The predicted octanol–water partition coefficient (Wildman–Crippen LogP) is 2.84. The summed E-state index contributed by atoms with van der Waals surface area (Å²) in [7, 11) is 3.34. The summed E-state index contributed by atoms with van der Waals surface area (Å²) in [6, 6.07) is 5.83. The standard InChI is InChI=1S/C16H22N2O2/c1-10-8-14(20-5)15-11(9-16(2,3)17)13(19-4)7-6-12(15)18-10/h6-8H,9,17H2,1-5H3. The van der Waals surface area contributed by atoms with Crippen LogP contribution in [0.2, 0.25) is 0 Å². The predicted molar refractivity (Wildman–Crippen MR) is 81.6 cm³/mol. The van der Waals surface area contributed by atoms with Crippen molar-refractivity contribution < 1.29 is 9.47 Å². The van der Waals surface area contributed by atoms with Crippen LogP contribution in [0.25, 0.3) is 10.9 Å². The van der Waals surface area contributed by atoms with Gasteiger partial charge in [0.25, 0.3) is 0 Å². The number of nitrogens with zero attached hydrogens (tertiary/aromatic N) is 1. The Balaban J connectivity index is 2.79. The molecule has 0 atom stereocenters. The molecule has 0 unspecified atom stereocenters. The van der Waals surface area contributed by atoms with E-state index >= 15 is 0 Å². The molecule has 0 aliphatic rings. The fraction of sp³-hybridized carbons (Fsp3) is 0.438. The zero-order chi connectivity index (χ0) is 14.9. The van der Waals surface area contributed by atoms with Crippen molar-refractivity contribution in [2.75, 3.05) is 14.2 Å². The van der Waals surface area contributed by atoms with E-state index in [-0.39, 0.29) is 5.54 Å². The van der Waals surface area contributed by atoms with Crippen LogP contribution >= 0.6 is 0 Å². The van der Waals surface area contributed by atoms with Crippen LogP contribution in [-0.4, -0.2) is 24.7 Å². The molecule has 1 aromatic carbocycles. The Morgan fingerprint density at radius 1 is 1.15 bits per heavy atom. The van der Waals surface area contributed by atoms with E-state index < -0.39 is 0 Å². The molecular formula is C16H22N2O2. The van der Waals surface area contributed by atoms with Gasteiger partial charge >= 0.3 is 0 Å². The van der Waals surface area contributed by atoms with Gasteiger partial charge in [0, 0.05) is 28.2 Å². The van der Waals surface area contributed by atoms with Crippen LogP contribution in [0.3, 0.4) is 0 Å². The van der Waals surface area contributed by atoms with Gasteiger partial charge in [0.1, 0.15) is 11.5 Å². The smallest absolute Gasteiger partial charge is 0.130 e. The summed E-state index contributed by atoms with van der Waals surface area (Å²) >= 11 is 0. The Bertz CT molecular complexity index is 630. The number of fused-ring (bicyclic) bond motifs is 1. The lowest BCUT2D eigenvalue weighted by molar-refractivity contribution is 0.400. The van der Waals surface area contributed by atoms with Crippen LogP contribution in [0.4, 0.5) is 0 Å². The third-order valence-corrected chi connectivity index (χ3v) is 3.20. The van der Waals surface area contributed by atoms with Crippen LogP contribution in [0.1, 0.15) is 25.1 Å². The first-order valence-electron chi connectivity index (χ1n) is 6.66. The molecule has 2 aromatic rings. The fourth-order valence-electron chi connectivity index (χ4n) is 2.45. The van der Waals surface area contributed by atoms with Crippen molar-refractivity contribution in [1.29, 1.82) is 0 Å². The molecule has 1 aromatic heterocycles. The summed E-state index contributed by atoms with van der Waals surface area (Å²) in [5.74, 6) is 1.63. The highest BCUT2D eigenvalue weighted by Crippen LogP contribution is 2.35. The lowest BCUT2D eigenvalue weighted by Crippen LogP contribution is -2.34. The number of ether oxygens (including phenoxy) is 2. The number of hydrogen-bond acceptors (Lipinski definition) is 4. The topological polar surface area (TPSA) is 57.4 Å². The second-order valence-corrected chi connectivity index (χ2v) is 5.77. The molecule has 0 spiro atoms. The lowest BCUT2D eigenvalue weighted by atomic mass is 9.92. The summed E-state index contributed by atoms with van der Waals surface area (Å²) in [6.07, 6.45) is 0.689. The molecule has 4 heteroatoms. The van der Waals surface area contributed by atoms with Crippen LogP contribution in [0.5, 0.6) is 11.5 Å². The zero-order valence-electron chi connectivity index (χ0n) is 12.8. The first-order chi connectivity index (χ1) is 9.35. The van der Waals surface area contributed by atoms with Gasteiger partial charge in [-0.05, 0) is 39.3 Å². The monoisotopic (exact) mass is 274 g/mol. The average molecular weight is 274 g/mol. The number of hydrogen-bond donors (Lipinski definition) is 1. The molecule has 20 heavy (non-hydrogen) atoms. The van der Waals surface area contributed by atoms with E-state index in [0.717, 1.165) is 33.7 Å². The summed E-state index contributed by atoms with van der Waals surface area (Å²) in [5, 5.41) is 0.982. The summed E-state index contributed by atoms with van der Waals surface area (Å²) in [5.41, 5.74) is 8.73. The van der Waals surface area contributed by atoms with Crippen molar-refractivity contribution in [3.05, 3.63) is 29.5 Å². The maximum atomic E-state index is 6.19. The molecule has 0 aliphatic carbocycles. The van der Waals surface area contributed by atoms with Crippen LogP contribution in [0, 0.1) is 6.92 Å². The highest BCUT2D eigenvalue weighted by molar-refractivity contribution is 5.90. The minimum absolute atomic E-state index is 0.336. The summed E-state index contributed by atoms with van der Waals surface area (Å²) < 4.78 is 11.0. The number of aromatic nitrogens is 1. The molecule has 0 saturated carbocycles. The van der Waals surface area contributed by atoms with Crippen molar-refractivity contribution in [2.45, 2.75) is 32.7 Å². The van der Waals surface area contributed by atoms with Gasteiger partial charge in [0.05, 0.1) is 19.7 Å². The van der Waals surface area contributed by atoms with Gasteiger partial charge in [-0.2, -0.15) is 0 Å². The van der Waals surface area contributed by atoms with Gasteiger partial charge in [-0.25, -0.2) is 0 Å². The Morgan fingerprint density at radius 3 is 2.35 bits per heavy atom. The van der Waals surface area contributed by atoms with E-state index in [4.69, 9.17) is 15.2 Å². The van der Waals surface area contributed by atoms with Gasteiger partial charge in [-0.15, -0.1) is 0 Å². The first-order valence-corrected chi connectivity index (χ1v) is 6.66. The maximum absolute atomic E-state index is 6.19. The highest BCUT2D eigenvalue weighted by atomic mass is 16.5. The number of aryl methyl sites for hydroxylation is 1. The highest BCUT2D eigenvalue weighted by Gasteiger charge is 2.20. The molecule has 0 saturated heterocycles. The number of methoxy groups -OCH3 is 2. The molecule has 1 heterocycles. The number of benzene rings is 1. The van der Waals surface area contributed by atoms with Crippen LogP contribution in [-0.2, 0) is 6.42 Å². The third kappa shape index (κ3) is 2.85.